The third-order valence-electron chi connectivity index (χ3n) is 5.53. The van der Waals surface area contributed by atoms with E-state index in [1.807, 2.05) is 17.5 Å². The van der Waals surface area contributed by atoms with Crippen molar-refractivity contribution in [3.05, 3.63) is 65.2 Å². The molecule has 2 N–H and O–H groups in total. The standard InChI is InChI=1S/C24H29N5OS/c1-3-18-4-6-20(7-5-18)26-24-27-21(17-31-24)16-23(30)25-19-8-10-22(11-9-19)29-14-12-28(2)13-15-29/h4-11,17H,3,12-16H2,1-2H3,(H,25,30)(H,26,27). The highest BCUT2D eigenvalue weighted by molar-refractivity contribution is 7.13. The van der Waals surface area contributed by atoms with Crippen LogP contribution in [0.2, 0.25) is 0 Å². The summed E-state index contributed by atoms with van der Waals surface area (Å²) < 4.78 is 0. The number of piperazine rings is 1. The molecule has 1 amide bonds. The van der Waals surface area contributed by atoms with Crippen molar-refractivity contribution in [2.45, 2.75) is 19.8 Å². The van der Waals surface area contributed by atoms with Crippen LogP contribution in [0.4, 0.5) is 22.2 Å². The summed E-state index contributed by atoms with van der Waals surface area (Å²) in [6.07, 6.45) is 1.28. The second kappa shape index (κ2) is 9.94. The summed E-state index contributed by atoms with van der Waals surface area (Å²) in [6, 6.07) is 16.4. The van der Waals surface area contributed by atoms with Crippen LogP contribution in [0.1, 0.15) is 18.2 Å². The monoisotopic (exact) mass is 435 g/mol. The van der Waals surface area contributed by atoms with Gasteiger partial charge >= 0.3 is 0 Å². The number of anilines is 4. The number of thiazole rings is 1. The van der Waals surface area contributed by atoms with Crippen LogP contribution in [0.5, 0.6) is 0 Å². The number of aromatic nitrogens is 1. The number of hydrogen-bond donors (Lipinski definition) is 2. The second-order valence-corrected chi connectivity index (χ2v) is 8.74. The van der Waals surface area contributed by atoms with Crippen LogP contribution in [0.15, 0.2) is 53.9 Å². The molecule has 6 nitrogen and oxygen atoms in total. The summed E-state index contributed by atoms with van der Waals surface area (Å²) in [7, 11) is 2.15. The van der Waals surface area contributed by atoms with E-state index in [0.29, 0.717) is 0 Å². The van der Waals surface area contributed by atoms with Crippen LogP contribution in [0, 0.1) is 0 Å². The molecule has 31 heavy (non-hydrogen) atoms. The number of nitrogens with zero attached hydrogens (tertiary/aromatic N) is 3. The molecule has 1 aromatic heterocycles. The average molecular weight is 436 g/mol. The van der Waals surface area contributed by atoms with E-state index in [-0.39, 0.29) is 12.3 Å². The smallest absolute Gasteiger partial charge is 0.230 e. The molecule has 0 spiro atoms. The SMILES string of the molecule is CCc1ccc(Nc2nc(CC(=O)Nc3ccc(N4CCN(C)CC4)cc3)cs2)cc1. The summed E-state index contributed by atoms with van der Waals surface area (Å²) in [5.74, 6) is -0.0588. The van der Waals surface area contributed by atoms with E-state index in [9.17, 15) is 4.79 Å². The summed E-state index contributed by atoms with van der Waals surface area (Å²) in [4.78, 5) is 21.7. The van der Waals surface area contributed by atoms with Gasteiger partial charge in [-0.1, -0.05) is 19.1 Å². The van der Waals surface area contributed by atoms with Crippen LogP contribution in [0.3, 0.4) is 0 Å². The van der Waals surface area contributed by atoms with E-state index >= 15 is 0 Å². The Kier molecular flexibility index (Phi) is 6.84. The third-order valence-corrected chi connectivity index (χ3v) is 6.33. The maximum absolute atomic E-state index is 12.5. The van der Waals surface area contributed by atoms with Gasteiger partial charge in [0.2, 0.25) is 5.91 Å². The molecule has 3 aromatic rings. The summed E-state index contributed by atoms with van der Waals surface area (Å²) in [5, 5.41) is 9.01. The molecule has 0 atom stereocenters. The van der Waals surface area contributed by atoms with Gasteiger partial charge in [-0.15, -0.1) is 11.3 Å². The minimum absolute atomic E-state index is 0.0588. The molecular weight excluding hydrogens is 406 g/mol. The van der Waals surface area contributed by atoms with Gasteiger partial charge in [0.05, 0.1) is 12.1 Å². The van der Waals surface area contributed by atoms with Crippen molar-refractivity contribution >= 4 is 39.4 Å². The van der Waals surface area contributed by atoms with Gasteiger partial charge in [-0.25, -0.2) is 4.98 Å². The van der Waals surface area contributed by atoms with Gasteiger partial charge in [0.15, 0.2) is 5.13 Å². The highest BCUT2D eigenvalue weighted by Gasteiger charge is 2.14. The molecule has 1 saturated heterocycles. The lowest BCUT2D eigenvalue weighted by Crippen LogP contribution is -2.44. The molecule has 1 fully saturated rings. The average Bonchev–Trinajstić information content (AvgIpc) is 3.22. The number of nitrogens with one attached hydrogen (secondary N) is 2. The van der Waals surface area contributed by atoms with Crippen molar-refractivity contribution in [1.82, 2.24) is 9.88 Å². The summed E-state index contributed by atoms with van der Waals surface area (Å²) >= 11 is 1.51. The Labute approximate surface area is 187 Å². The Morgan fingerprint density at radius 2 is 1.68 bits per heavy atom. The van der Waals surface area contributed by atoms with Gasteiger partial charge in [0.25, 0.3) is 0 Å². The van der Waals surface area contributed by atoms with Crippen LogP contribution in [-0.2, 0) is 17.6 Å². The fraction of sp³-hybridized carbons (Fsp3) is 0.333. The van der Waals surface area contributed by atoms with Crippen LogP contribution in [-0.4, -0.2) is 49.0 Å². The minimum atomic E-state index is -0.0588. The normalized spacial score (nSPS) is 14.5. The molecule has 162 valence electrons. The first-order chi connectivity index (χ1) is 15.1. The predicted molar refractivity (Wildman–Crippen MR) is 130 cm³/mol. The van der Waals surface area contributed by atoms with Gasteiger partial charge < -0.3 is 20.4 Å². The van der Waals surface area contributed by atoms with E-state index < -0.39 is 0 Å². The highest BCUT2D eigenvalue weighted by atomic mass is 32.1. The van der Waals surface area contributed by atoms with Gasteiger partial charge in [0.1, 0.15) is 0 Å². The van der Waals surface area contributed by atoms with Gasteiger partial charge in [-0.05, 0) is 55.4 Å². The Balaban J connectivity index is 1.28. The predicted octanol–water partition coefficient (Wildman–Crippen LogP) is 4.38. The maximum atomic E-state index is 12.5. The first-order valence-corrected chi connectivity index (χ1v) is 11.6. The minimum Gasteiger partial charge on any atom is -0.369 e. The Morgan fingerprint density at radius 1 is 1.00 bits per heavy atom. The first kappa shape index (κ1) is 21.3. The highest BCUT2D eigenvalue weighted by Crippen LogP contribution is 2.23. The summed E-state index contributed by atoms with van der Waals surface area (Å²) in [6.45, 7) is 6.36. The van der Waals surface area contributed by atoms with E-state index in [1.165, 1.54) is 22.6 Å². The number of carbonyl (C=O) groups excluding carboxylic acids is 1. The number of likely N-dealkylation sites (N-methyl/N-ethyl adjacent to an activating group) is 1. The van der Waals surface area contributed by atoms with E-state index in [1.54, 1.807) is 0 Å². The first-order valence-electron chi connectivity index (χ1n) is 10.7. The molecule has 0 unspecified atom stereocenters. The van der Waals surface area contributed by atoms with E-state index in [2.05, 4.69) is 75.8 Å². The van der Waals surface area contributed by atoms with Crippen LogP contribution in [0.25, 0.3) is 0 Å². The fourth-order valence-corrected chi connectivity index (χ4v) is 4.31. The number of aryl methyl sites for hydroxylation is 1. The number of benzene rings is 2. The third kappa shape index (κ3) is 5.83. The number of amides is 1. The Morgan fingerprint density at radius 3 is 2.35 bits per heavy atom. The maximum Gasteiger partial charge on any atom is 0.230 e. The number of rotatable bonds is 7. The molecule has 1 aliphatic rings. The quantitative estimate of drug-likeness (QED) is 0.577. The molecule has 0 saturated carbocycles. The van der Waals surface area contributed by atoms with Gasteiger partial charge in [0, 0.05) is 48.6 Å². The van der Waals surface area contributed by atoms with Gasteiger partial charge in [-0.3, -0.25) is 4.79 Å². The largest absolute Gasteiger partial charge is 0.369 e. The molecule has 2 heterocycles. The van der Waals surface area contributed by atoms with Crippen molar-refractivity contribution < 1.29 is 4.79 Å². The van der Waals surface area contributed by atoms with Crippen molar-refractivity contribution in [2.75, 3.05) is 48.8 Å². The van der Waals surface area contributed by atoms with Crippen LogP contribution < -0.4 is 15.5 Å². The molecule has 0 bridgehead atoms. The second-order valence-electron chi connectivity index (χ2n) is 7.88. The Bertz CT molecular complexity index is 992. The molecule has 0 aliphatic carbocycles. The van der Waals surface area contributed by atoms with Crippen molar-refractivity contribution in [1.29, 1.82) is 0 Å². The molecular formula is C24H29N5OS. The van der Waals surface area contributed by atoms with E-state index in [4.69, 9.17) is 0 Å². The topological polar surface area (TPSA) is 60.5 Å². The lowest BCUT2D eigenvalue weighted by atomic mass is 10.1. The van der Waals surface area contributed by atoms with Crippen LogP contribution >= 0.6 is 11.3 Å². The number of hydrogen-bond acceptors (Lipinski definition) is 6. The zero-order valence-corrected chi connectivity index (χ0v) is 18.9. The molecule has 1 aliphatic heterocycles. The Hall–Kier alpha value is -2.90. The van der Waals surface area contributed by atoms with Crippen molar-refractivity contribution in [2.24, 2.45) is 0 Å². The lowest BCUT2D eigenvalue weighted by Gasteiger charge is -2.34. The zero-order chi connectivity index (χ0) is 21.6. The van der Waals surface area contributed by atoms with E-state index in [0.717, 1.165) is 54.8 Å². The molecule has 7 heteroatoms. The zero-order valence-electron chi connectivity index (χ0n) is 18.1. The van der Waals surface area contributed by atoms with Crippen molar-refractivity contribution in [3.8, 4) is 0 Å². The lowest BCUT2D eigenvalue weighted by molar-refractivity contribution is -0.115. The van der Waals surface area contributed by atoms with Crippen molar-refractivity contribution in [3.63, 3.8) is 0 Å². The fourth-order valence-electron chi connectivity index (χ4n) is 3.58. The van der Waals surface area contributed by atoms with Gasteiger partial charge in [-0.2, -0.15) is 0 Å². The molecule has 4 rings (SSSR count). The number of carbonyl (C=O) groups is 1. The molecule has 0 radical (unpaired) electrons. The summed E-state index contributed by atoms with van der Waals surface area (Å²) in [5.41, 5.74) is 5.09. The molecule has 2 aromatic carbocycles.